The summed E-state index contributed by atoms with van der Waals surface area (Å²) in [4.78, 5) is 24.9. The second-order valence-electron chi connectivity index (χ2n) is 5.80. The van der Waals surface area contributed by atoms with Gasteiger partial charge in [0.15, 0.2) is 11.5 Å². The standard InChI is InChI=1S/C18H16N2O4S/c1-11(20-18(22)13-4-2-3-5-16(13)25-20)17(21)19-9-12-6-7-14-15(8-12)24-10-23-14/h2-8,11H,9-10H2,1H3,(H,19,21)/t11-/m0/s1. The van der Waals surface area contributed by atoms with E-state index < -0.39 is 6.04 Å². The van der Waals surface area contributed by atoms with Crippen LogP contribution in [0.2, 0.25) is 0 Å². The van der Waals surface area contributed by atoms with Crippen molar-refractivity contribution in [1.82, 2.24) is 9.27 Å². The number of ether oxygens (including phenoxy) is 2. The number of aromatic nitrogens is 1. The number of hydrogen-bond donors (Lipinski definition) is 1. The Hall–Kier alpha value is -2.80. The fraction of sp³-hybridized carbons (Fsp3) is 0.222. The Labute approximate surface area is 147 Å². The summed E-state index contributed by atoms with van der Waals surface area (Å²) >= 11 is 1.31. The van der Waals surface area contributed by atoms with Crippen molar-refractivity contribution >= 4 is 27.5 Å². The molecule has 0 radical (unpaired) electrons. The predicted octanol–water partition coefficient (Wildman–Crippen LogP) is 2.67. The number of rotatable bonds is 4. The van der Waals surface area contributed by atoms with Crippen molar-refractivity contribution in [3.8, 4) is 11.5 Å². The van der Waals surface area contributed by atoms with Crippen LogP contribution in [0.3, 0.4) is 0 Å². The van der Waals surface area contributed by atoms with Gasteiger partial charge in [-0.1, -0.05) is 29.7 Å². The number of amides is 1. The zero-order chi connectivity index (χ0) is 17.4. The van der Waals surface area contributed by atoms with Crippen molar-refractivity contribution in [2.24, 2.45) is 0 Å². The van der Waals surface area contributed by atoms with E-state index >= 15 is 0 Å². The van der Waals surface area contributed by atoms with Gasteiger partial charge >= 0.3 is 0 Å². The highest BCUT2D eigenvalue weighted by Crippen LogP contribution is 2.32. The van der Waals surface area contributed by atoms with E-state index in [-0.39, 0.29) is 18.3 Å². The van der Waals surface area contributed by atoms with Crippen LogP contribution in [-0.2, 0) is 11.3 Å². The molecule has 6 nitrogen and oxygen atoms in total. The van der Waals surface area contributed by atoms with E-state index in [0.717, 1.165) is 10.3 Å². The second kappa shape index (κ2) is 6.25. The summed E-state index contributed by atoms with van der Waals surface area (Å²) in [5, 5.41) is 3.51. The summed E-state index contributed by atoms with van der Waals surface area (Å²) in [6.07, 6.45) is 0. The Morgan fingerprint density at radius 3 is 2.88 bits per heavy atom. The topological polar surface area (TPSA) is 69.6 Å². The number of hydrogen-bond acceptors (Lipinski definition) is 5. The van der Waals surface area contributed by atoms with Gasteiger partial charge in [0.1, 0.15) is 6.04 Å². The molecule has 1 aliphatic rings. The molecule has 3 aromatic rings. The van der Waals surface area contributed by atoms with Crippen molar-refractivity contribution in [2.45, 2.75) is 19.5 Å². The molecule has 0 saturated carbocycles. The van der Waals surface area contributed by atoms with Crippen LogP contribution in [0.25, 0.3) is 10.1 Å². The maximum atomic E-state index is 12.5. The summed E-state index contributed by atoms with van der Waals surface area (Å²) in [6.45, 7) is 2.31. The fourth-order valence-corrected chi connectivity index (χ4v) is 3.78. The van der Waals surface area contributed by atoms with Crippen LogP contribution in [0.5, 0.6) is 11.5 Å². The van der Waals surface area contributed by atoms with Gasteiger partial charge in [0.05, 0.1) is 10.1 Å². The summed E-state index contributed by atoms with van der Waals surface area (Å²) in [5.74, 6) is 1.19. The minimum absolute atomic E-state index is 0.133. The minimum Gasteiger partial charge on any atom is -0.454 e. The highest BCUT2D eigenvalue weighted by molar-refractivity contribution is 7.14. The van der Waals surface area contributed by atoms with Gasteiger partial charge in [0.25, 0.3) is 5.56 Å². The third-order valence-corrected chi connectivity index (χ3v) is 5.38. The lowest BCUT2D eigenvalue weighted by atomic mass is 10.2. The first-order valence-electron chi connectivity index (χ1n) is 7.90. The monoisotopic (exact) mass is 356 g/mol. The molecule has 0 fully saturated rings. The molecule has 1 aromatic heterocycles. The summed E-state index contributed by atoms with van der Waals surface area (Å²) < 4.78 is 13.0. The Kier molecular flexibility index (Phi) is 3.93. The van der Waals surface area contributed by atoms with E-state index in [1.807, 2.05) is 36.4 Å². The van der Waals surface area contributed by atoms with Gasteiger partial charge in [-0.25, -0.2) is 0 Å². The van der Waals surface area contributed by atoms with E-state index in [4.69, 9.17) is 9.47 Å². The molecule has 1 N–H and O–H groups in total. The average molecular weight is 356 g/mol. The van der Waals surface area contributed by atoms with E-state index in [0.29, 0.717) is 23.4 Å². The third kappa shape index (κ3) is 2.87. The molecule has 0 saturated heterocycles. The van der Waals surface area contributed by atoms with E-state index in [1.54, 1.807) is 13.0 Å². The van der Waals surface area contributed by atoms with Crippen LogP contribution >= 0.6 is 11.5 Å². The van der Waals surface area contributed by atoms with Gasteiger partial charge in [-0.3, -0.25) is 13.5 Å². The SMILES string of the molecule is C[C@@H](C(=O)NCc1ccc2c(c1)OCO2)n1sc2ccccc2c1=O. The summed E-state index contributed by atoms with van der Waals surface area (Å²) in [6, 6.07) is 12.3. The van der Waals surface area contributed by atoms with Crippen molar-refractivity contribution in [1.29, 1.82) is 0 Å². The van der Waals surface area contributed by atoms with Crippen LogP contribution in [0.15, 0.2) is 47.3 Å². The van der Waals surface area contributed by atoms with Gasteiger partial charge in [-0.15, -0.1) is 0 Å². The quantitative estimate of drug-likeness (QED) is 0.780. The van der Waals surface area contributed by atoms with E-state index in [1.165, 1.54) is 15.5 Å². The molecule has 0 aliphatic carbocycles. The first-order valence-corrected chi connectivity index (χ1v) is 8.67. The lowest BCUT2D eigenvalue weighted by Crippen LogP contribution is -2.33. The van der Waals surface area contributed by atoms with Gasteiger partial charge in [0, 0.05) is 6.54 Å². The van der Waals surface area contributed by atoms with Crippen molar-refractivity contribution < 1.29 is 14.3 Å². The summed E-state index contributed by atoms with van der Waals surface area (Å²) in [5.41, 5.74) is 0.778. The van der Waals surface area contributed by atoms with Crippen LogP contribution in [0.1, 0.15) is 18.5 Å². The first-order chi connectivity index (χ1) is 12.1. The largest absolute Gasteiger partial charge is 0.454 e. The normalized spacial score (nSPS) is 13.8. The van der Waals surface area contributed by atoms with Crippen LogP contribution in [-0.4, -0.2) is 16.7 Å². The average Bonchev–Trinajstić information content (AvgIpc) is 3.23. The van der Waals surface area contributed by atoms with E-state index in [9.17, 15) is 9.59 Å². The predicted molar refractivity (Wildman–Crippen MR) is 95.2 cm³/mol. The van der Waals surface area contributed by atoms with Crippen molar-refractivity contribution in [3.63, 3.8) is 0 Å². The lowest BCUT2D eigenvalue weighted by molar-refractivity contribution is -0.123. The van der Waals surface area contributed by atoms with Crippen LogP contribution in [0.4, 0.5) is 0 Å². The number of benzene rings is 2. The highest BCUT2D eigenvalue weighted by Gasteiger charge is 2.20. The molecule has 1 aliphatic heterocycles. The Bertz CT molecular complexity index is 1010. The smallest absolute Gasteiger partial charge is 0.269 e. The minimum atomic E-state index is -0.570. The van der Waals surface area contributed by atoms with Crippen LogP contribution < -0.4 is 20.3 Å². The molecule has 1 atom stereocenters. The number of nitrogens with one attached hydrogen (secondary N) is 1. The zero-order valence-corrected chi connectivity index (χ0v) is 14.3. The number of carbonyl (C=O) groups excluding carboxylic acids is 1. The second-order valence-corrected chi connectivity index (χ2v) is 6.82. The lowest BCUT2D eigenvalue weighted by Gasteiger charge is -2.12. The molecule has 7 heteroatoms. The Morgan fingerprint density at radius 2 is 2.04 bits per heavy atom. The van der Waals surface area contributed by atoms with Gasteiger partial charge in [0.2, 0.25) is 12.7 Å². The Balaban J connectivity index is 1.48. The van der Waals surface area contributed by atoms with Gasteiger partial charge in [-0.2, -0.15) is 0 Å². The zero-order valence-electron chi connectivity index (χ0n) is 13.5. The number of fused-ring (bicyclic) bond motifs is 2. The maximum absolute atomic E-state index is 12.5. The van der Waals surface area contributed by atoms with Crippen LogP contribution in [0, 0.1) is 0 Å². The van der Waals surface area contributed by atoms with Crippen molar-refractivity contribution in [2.75, 3.05) is 6.79 Å². The molecule has 2 heterocycles. The molecule has 2 aromatic carbocycles. The molecule has 0 unspecified atom stereocenters. The molecular formula is C18H16N2O4S. The third-order valence-electron chi connectivity index (χ3n) is 4.15. The van der Waals surface area contributed by atoms with E-state index in [2.05, 4.69) is 5.32 Å². The van der Waals surface area contributed by atoms with Crippen molar-refractivity contribution in [3.05, 3.63) is 58.4 Å². The first kappa shape index (κ1) is 15.7. The highest BCUT2D eigenvalue weighted by atomic mass is 32.1. The molecule has 4 rings (SSSR count). The maximum Gasteiger partial charge on any atom is 0.269 e. The Morgan fingerprint density at radius 1 is 1.24 bits per heavy atom. The molecule has 25 heavy (non-hydrogen) atoms. The summed E-state index contributed by atoms with van der Waals surface area (Å²) in [7, 11) is 0. The molecule has 1 amide bonds. The fourth-order valence-electron chi connectivity index (χ4n) is 2.74. The van der Waals surface area contributed by atoms with Gasteiger partial charge < -0.3 is 14.8 Å². The molecule has 128 valence electrons. The molecule has 0 bridgehead atoms. The number of carbonyl (C=O) groups is 1. The number of nitrogens with zero attached hydrogens (tertiary/aromatic N) is 1. The van der Waals surface area contributed by atoms with Gasteiger partial charge in [-0.05, 0) is 36.8 Å². The molecule has 0 spiro atoms. The molecular weight excluding hydrogens is 340 g/mol.